The van der Waals surface area contributed by atoms with Crippen molar-refractivity contribution in [2.75, 3.05) is 5.32 Å². The van der Waals surface area contributed by atoms with E-state index < -0.39 is 23.6 Å². The molecule has 6 nitrogen and oxygen atoms in total. The predicted molar refractivity (Wildman–Crippen MR) is 53.6 cm³/mol. The molecule has 1 aromatic heterocycles. The highest BCUT2D eigenvalue weighted by molar-refractivity contribution is 5.54. The minimum absolute atomic E-state index is 0.158. The summed E-state index contributed by atoms with van der Waals surface area (Å²) in [5, 5.41) is 16.7. The van der Waals surface area contributed by atoms with Crippen molar-refractivity contribution in [2.24, 2.45) is 7.05 Å². The second-order valence-corrected chi connectivity index (χ2v) is 3.66. The van der Waals surface area contributed by atoms with Crippen LogP contribution in [0.1, 0.15) is 13.3 Å². The number of alkyl halides is 3. The zero-order chi connectivity index (χ0) is 13.2. The highest BCUT2D eigenvalue weighted by atomic mass is 19.4. The van der Waals surface area contributed by atoms with Gasteiger partial charge in [0.05, 0.1) is 11.3 Å². The van der Waals surface area contributed by atoms with E-state index in [1.54, 1.807) is 0 Å². The fourth-order valence-electron chi connectivity index (χ4n) is 1.34. The van der Waals surface area contributed by atoms with Crippen molar-refractivity contribution in [2.45, 2.75) is 25.6 Å². The van der Waals surface area contributed by atoms with Crippen molar-refractivity contribution in [1.29, 1.82) is 0 Å². The molecular formula is C8H11F3N4O2. The summed E-state index contributed by atoms with van der Waals surface area (Å²) in [6, 6.07) is -0.983. The normalized spacial score (nSPS) is 13.5. The van der Waals surface area contributed by atoms with Crippen LogP contribution in [0.25, 0.3) is 0 Å². The molecule has 0 aliphatic rings. The fourth-order valence-corrected chi connectivity index (χ4v) is 1.34. The van der Waals surface area contributed by atoms with E-state index in [0.717, 1.165) is 6.20 Å². The molecule has 1 atom stereocenters. The Hall–Kier alpha value is -1.80. The maximum atomic E-state index is 12.1. The van der Waals surface area contributed by atoms with E-state index in [4.69, 9.17) is 0 Å². The first-order valence-corrected chi connectivity index (χ1v) is 4.70. The van der Waals surface area contributed by atoms with E-state index in [-0.39, 0.29) is 11.5 Å². The maximum absolute atomic E-state index is 12.1. The van der Waals surface area contributed by atoms with Crippen LogP contribution < -0.4 is 5.32 Å². The van der Waals surface area contributed by atoms with Crippen LogP contribution in [0.15, 0.2) is 6.20 Å². The molecule has 0 aromatic carbocycles. The van der Waals surface area contributed by atoms with Gasteiger partial charge >= 0.3 is 11.9 Å². The number of rotatable bonds is 4. The number of anilines is 1. The standard InChI is InChI=1S/C8H11F3N4O2/c1-5(3-8(9,10)11)12-7-6(15(16)17)4-14(2)13-7/h4-5H,3H2,1-2H3,(H,12,13). The van der Waals surface area contributed by atoms with Gasteiger partial charge in [-0.05, 0) is 6.92 Å². The Morgan fingerprint density at radius 2 is 2.24 bits per heavy atom. The number of hydrogen-bond donors (Lipinski definition) is 1. The van der Waals surface area contributed by atoms with Crippen LogP contribution in [0, 0.1) is 10.1 Å². The Kier molecular flexibility index (Phi) is 3.59. The molecule has 96 valence electrons. The highest BCUT2D eigenvalue weighted by Crippen LogP contribution is 2.26. The molecule has 0 bridgehead atoms. The van der Waals surface area contributed by atoms with Crippen molar-refractivity contribution < 1.29 is 18.1 Å². The van der Waals surface area contributed by atoms with E-state index in [0.29, 0.717) is 0 Å². The number of aryl methyl sites for hydroxylation is 1. The van der Waals surface area contributed by atoms with Gasteiger partial charge in [0.2, 0.25) is 5.82 Å². The molecule has 0 fully saturated rings. The van der Waals surface area contributed by atoms with Crippen molar-refractivity contribution in [3.63, 3.8) is 0 Å². The summed E-state index contributed by atoms with van der Waals surface area (Å²) in [6.45, 7) is 1.28. The Balaban J connectivity index is 2.77. The first-order valence-electron chi connectivity index (χ1n) is 4.70. The SMILES string of the molecule is CC(CC(F)(F)F)Nc1nn(C)cc1[N+](=O)[O-]. The molecule has 1 aromatic rings. The lowest BCUT2D eigenvalue weighted by Gasteiger charge is -2.14. The molecule has 0 amide bonds. The minimum Gasteiger partial charge on any atom is -0.360 e. The van der Waals surface area contributed by atoms with Gasteiger partial charge in [0.1, 0.15) is 6.20 Å². The lowest BCUT2D eigenvalue weighted by Crippen LogP contribution is -2.24. The molecule has 1 heterocycles. The highest BCUT2D eigenvalue weighted by Gasteiger charge is 2.31. The van der Waals surface area contributed by atoms with Crippen LogP contribution in [0.2, 0.25) is 0 Å². The average molecular weight is 252 g/mol. The van der Waals surface area contributed by atoms with Crippen LogP contribution in [-0.2, 0) is 7.05 Å². The second kappa shape index (κ2) is 4.60. The lowest BCUT2D eigenvalue weighted by atomic mass is 10.2. The van der Waals surface area contributed by atoms with Gasteiger partial charge < -0.3 is 5.32 Å². The number of nitrogens with one attached hydrogen (secondary N) is 1. The van der Waals surface area contributed by atoms with Crippen LogP contribution in [0.4, 0.5) is 24.7 Å². The van der Waals surface area contributed by atoms with Crippen LogP contribution in [0.3, 0.4) is 0 Å². The number of nitrogens with zero attached hydrogens (tertiary/aromatic N) is 3. The van der Waals surface area contributed by atoms with Gasteiger partial charge in [-0.25, -0.2) is 0 Å². The second-order valence-electron chi connectivity index (χ2n) is 3.66. The molecule has 0 radical (unpaired) electrons. The average Bonchev–Trinajstić information content (AvgIpc) is 2.42. The van der Waals surface area contributed by atoms with Crippen molar-refractivity contribution in [1.82, 2.24) is 9.78 Å². The molecule has 0 spiro atoms. The summed E-state index contributed by atoms with van der Waals surface area (Å²) in [6.07, 6.45) is -4.28. The number of hydrogen-bond acceptors (Lipinski definition) is 4. The first kappa shape index (κ1) is 13.3. The molecule has 17 heavy (non-hydrogen) atoms. The molecule has 1 rings (SSSR count). The Morgan fingerprint density at radius 1 is 1.65 bits per heavy atom. The lowest BCUT2D eigenvalue weighted by molar-refractivity contribution is -0.384. The minimum atomic E-state index is -4.32. The van der Waals surface area contributed by atoms with E-state index in [9.17, 15) is 23.3 Å². The van der Waals surface area contributed by atoms with Crippen LogP contribution in [-0.4, -0.2) is 26.9 Å². The molecule has 9 heteroatoms. The third kappa shape index (κ3) is 3.93. The van der Waals surface area contributed by atoms with Gasteiger partial charge in [0.15, 0.2) is 0 Å². The zero-order valence-electron chi connectivity index (χ0n) is 9.15. The first-order chi connectivity index (χ1) is 7.69. The van der Waals surface area contributed by atoms with E-state index in [1.807, 2.05) is 0 Å². The molecule has 0 saturated heterocycles. The molecule has 0 aliphatic heterocycles. The summed E-state index contributed by atoms with van der Waals surface area (Å²) in [7, 11) is 1.45. The smallest absolute Gasteiger partial charge is 0.360 e. The van der Waals surface area contributed by atoms with Crippen LogP contribution in [0.5, 0.6) is 0 Å². The number of nitro groups is 1. The number of halogens is 3. The third-order valence-electron chi connectivity index (χ3n) is 1.93. The van der Waals surface area contributed by atoms with Crippen LogP contribution >= 0.6 is 0 Å². The summed E-state index contributed by atoms with van der Waals surface area (Å²) < 4.78 is 37.4. The van der Waals surface area contributed by atoms with Gasteiger partial charge in [-0.15, -0.1) is 5.10 Å². The molecule has 0 aliphatic carbocycles. The van der Waals surface area contributed by atoms with E-state index in [2.05, 4.69) is 10.4 Å². The molecule has 0 saturated carbocycles. The van der Waals surface area contributed by atoms with Gasteiger partial charge in [-0.2, -0.15) is 13.2 Å². The molecule has 1 N–H and O–H groups in total. The van der Waals surface area contributed by atoms with Gasteiger partial charge in [-0.1, -0.05) is 0 Å². The summed E-state index contributed by atoms with van der Waals surface area (Å²) in [4.78, 5) is 9.89. The Bertz CT molecular complexity index is 415. The molecular weight excluding hydrogens is 241 g/mol. The van der Waals surface area contributed by atoms with Crippen molar-refractivity contribution >= 4 is 11.5 Å². The summed E-state index contributed by atoms with van der Waals surface area (Å²) >= 11 is 0. The Morgan fingerprint density at radius 3 is 2.71 bits per heavy atom. The third-order valence-corrected chi connectivity index (χ3v) is 1.93. The largest absolute Gasteiger partial charge is 0.391 e. The Labute approximate surface area is 94.6 Å². The summed E-state index contributed by atoms with van der Waals surface area (Å²) in [5.74, 6) is -0.158. The monoisotopic (exact) mass is 252 g/mol. The van der Waals surface area contributed by atoms with E-state index in [1.165, 1.54) is 18.7 Å². The van der Waals surface area contributed by atoms with Crippen molar-refractivity contribution in [3.05, 3.63) is 16.3 Å². The van der Waals surface area contributed by atoms with Gasteiger partial charge in [-0.3, -0.25) is 14.8 Å². The number of aromatic nitrogens is 2. The van der Waals surface area contributed by atoms with Gasteiger partial charge in [0.25, 0.3) is 0 Å². The zero-order valence-corrected chi connectivity index (χ0v) is 9.15. The summed E-state index contributed by atoms with van der Waals surface area (Å²) in [5.41, 5.74) is -0.346. The quantitative estimate of drug-likeness (QED) is 0.657. The van der Waals surface area contributed by atoms with Gasteiger partial charge in [0, 0.05) is 13.1 Å². The predicted octanol–water partition coefficient (Wildman–Crippen LogP) is 2.08. The van der Waals surface area contributed by atoms with E-state index >= 15 is 0 Å². The fraction of sp³-hybridized carbons (Fsp3) is 0.625. The topological polar surface area (TPSA) is 73.0 Å². The molecule has 1 unspecified atom stereocenters. The maximum Gasteiger partial charge on any atom is 0.391 e. The van der Waals surface area contributed by atoms with Crippen molar-refractivity contribution in [3.8, 4) is 0 Å².